The zero-order valence-electron chi connectivity index (χ0n) is 11.4. The Morgan fingerprint density at radius 3 is 2.29 bits per heavy atom. The molecule has 0 bridgehead atoms. The fourth-order valence-electron chi connectivity index (χ4n) is 1.94. The number of nitrogens with one attached hydrogen (secondary N) is 1. The van der Waals surface area contributed by atoms with Crippen LogP contribution in [0.5, 0.6) is 0 Å². The largest absolute Gasteiger partial charge is 0.315 e. The van der Waals surface area contributed by atoms with E-state index in [1.54, 1.807) is 0 Å². The van der Waals surface area contributed by atoms with Gasteiger partial charge in [0.25, 0.3) is 0 Å². The van der Waals surface area contributed by atoms with E-state index in [0.717, 1.165) is 19.4 Å². The molecule has 0 aliphatic carbocycles. The normalized spacial score (nSPS) is 12.1. The van der Waals surface area contributed by atoms with Crippen molar-refractivity contribution in [2.75, 3.05) is 6.54 Å². The van der Waals surface area contributed by atoms with Crippen LogP contribution in [0, 0.1) is 11.2 Å². The Hall–Kier alpha value is -0.890. The van der Waals surface area contributed by atoms with E-state index in [9.17, 15) is 4.39 Å². The second kappa shape index (κ2) is 6.15. The van der Waals surface area contributed by atoms with Crippen LogP contribution in [0.15, 0.2) is 24.3 Å². The smallest absolute Gasteiger partial charge is 0.123 e. The Bertz CT molecular complexity index is 327. The first-order valence-corrected chi connectivity index (χ1v) is 6.37. The molecule has 96 valence electrons. The van der Waals surface area contributed by atoms with E-state index >= 15 is 0 Å². The fraction of sp³-hybridized carbons (Fsp3) is 0.600. The van der Waals surface area contributed by atoms with Gasteiger partial charge in [-0.1, -0.05) is 39.8 Å². The maximum atomic E-state index is 12.8. The molecule has 0 saturated heterocycles. The molecule has 0 aromatic heterocycles. The molecule has 0 radical (unpaired) electrons. The van der Waals surface area contributed by atoms with Crippen LogP contribution in [-0.2, 0) is 6.42 Å². The van der Waals surface area contributed by atoms with Crippen LogP contribution in [-0.4, -0.2) is 12.6 Å². The number of hydrogen-bond donors (Lipinski definition) is 1. The van der Waals surface area contributed by atoms with Crippen LogP contribution in [0.1, 0.15) is 39.7 Å². The van der Waals surface area contributed by atoms with Gasteiger partial charge < -0.3 is 5.32 Å². The molecular formula is C15H24FN. The lowest BCUT2D eigenvalue weighted by Crippen LogP contribution is -2.28. The van der Waals surface area contributed by atoms with Gasteiger partial charge in [-0.2, -0.15) is 0 Å². The summed E-state index contributed by atoms with van der Waals surface area (Å²) in [5.41, 5.74) is 1.46. The lowest BCUT2D eigenvalue weighted by Gasteiger charge is -2.25. The standard InChI is InChI=1S/C15H24FN/c1-12(2)17-10-9-15(3,4)11-13-5-7-14(16)8-6-13/h5-8,12,17H,9-11H2,1-4H3. The minimum Gasteiger partial charge on any atom is -0.315 e. The Morgan fingerprint density at radius 2 is 1.76 bits per heavy atom. The summed E-state index contributed by atoms with van der Waals surface area (Å²) in [5, 5.41) is 3.44. The predicted octanol–water partition coefficient (Wildman–Crippen LogP) is 3.78. The molecule has 0 aliphatic rings. The van der Waals surface area contributed by atoms with Gasteiger partial charge in [0.2, 0.25) is 0 Å². The number of halogens is 1. The number of rotatable bonds is 6. The van der Waals surface area contributed by atoms with Crippen molar-refractivity contribution >= 4 is 0 Å². The molecule has 0 spiro atoms. The van der Waals surface area contributed by atoms with Gasteiger partial charge in [-0.05, 0) is 42.5 Å². The van der Waals surface area contributed by atoms with E-state index in [1.807, 2.05) is 12.1 Å². The van der Waals surface area contributed by atoms with Gasteiger partial charge in [0.15, 0.2) is 0 Å². The average Bonchev–Trinajstić information content (AvgIpc) is 2.20. The third kappa shape index (κ3) is 5.83. The topological polar surface area (TPSA) is 12.0 Å². The van der Waals surface area contributed by atoms with E-state index in [1.165, 1.54) is 17.7 Å². The summed E-state index contributed by atoms with van der Waals surface area (Å²) in [5.74, 6) is -0.159. The maximum absolute atomic E-state index is 12.8. The lowest BCUT2D eigenvalue weighted by atomic mass is 9.82. The summed E-state index contributed by atoms with van der Waals surface area (Å²) in [6, 6.07) is 7.38. The van der Waals surface area contributed by atoms with E-state index < -0.39 is 0 Å². The van der Waals surface area contributed by atoms with Crippen molar-refractivity contribution < 1.29 is 4.39 Å². The second-order valence-electron chi connectivity index (χ2n) is 5.83. The minimum atomic E-state index is -0.159. The summed E-state index contributed by atoms with van der Waals surface area (Å²) in [4.78, 5) is 0. The van der Waals surface area contributed by atoms with Crippen LogP contribution < -0.4 is 5.32 Å². The van der Waals surface area contributed by atoms with Gasteiger partial charge in [0.1, 0.15) is 5.82 Å². The molecule has 0 atom stereocenters. The summed E-state index contributed by atoms with van der Waals surface area (Å²) in [7, 11) is 0. The minimum absolute atomic E-state index is 0.159. The second-order valence-corrected chi connectivity index (χ2v) is 5.83. The Kier molecular flexibility index (Phi) is 5.13. The summed E-state index contributed by atoms with van der Waals surface area (Å²) in [6.07, 6.45) is 2.12. The molecule has 1 rings (SSSR count). The van der Waals surface area contributed by atoms with Crippen molar-refractivity contribution in [1.29, 1.82) is 0 Å². The van der Waals surface area contributed by atoms with E-state index in [4.69, 9.17) is 0 Å². The number of hydrogen-bond acceptors (Lipinski definition) is 1. The number of benzene rings is 1. The van der Waals surface area contributed by atoms with E-state index in [2.05, 4.69) is 33.0 Å². The fourth-order valence-corrected chi connectivity index (χ4v) is 1.94. The van der Waals surface area contributed by atoms with Crippen molar-refractivity contribution in [3.05, 3.63) is 35.6 Å². The Morgan fingerprint density at radius 1 is 1.18 bits per heavy atom. The quantitative estimate of drug-likeness (QED) is 0.794. The van der Waals surface area contributed by atoms with Crippen molar-refractivity contribution in [2.45, 2.75) is 46.6 Å². The SMILES string of the molecule is CC(C)NCCC(C)(C)Cc1ccc(F)cc1. The van der Waals surface area contributed by atoms with Crippen molar-refractivity contribution in [1.82, 2.24) is 5.32 Å². The van der Waals surface area contributed by atoms with E-state index in [0.29, 0.717) is 6.04 Å². The zero-order valence-corrected chi connectivity index (χ0v) is 11.4. The Balaban J connectivity index is 2.45. The van der Waals surface area contributed by atoms with E-state index in [-0.39, 0.29) is 11.2 Å². The van der Waals surface area contributed by atoms with Crippen LogP contribution in [0.4, 0.5) is 4.39 Å². The molecular weight excluding hydrogens is 213 g/mol. The molecule has 2 heteroatoms. The molecule has 1 N–H and O–H groups in total. The van der Waals surface area contributed by atoms with Gasteiger partial charge in [-0.25, -0.2) is 4.39 Å². The molecule has 1 nitrogen and oxygen atoms in total. The third-order valence-electron chi connectivity index (χ3n) is 2.95. The van der Waals surface area contributed by atoms with Crippen LogP contribution in [0.25, 0.3) is 0 Å². The van der Waals surface area contributed by atoms with Gasteiger partial charge in [-0.15, -0.1) is 0 Å². The lowest BCUT2D eigenvalue weighted by molar-refractivity contribution is 0.320. The van der Waals surface area contributed by atoms with Crippen molar-refractivity contribution in [3.8, 4) is 0 Å². The van der Waals surface area contributed by atoms with Gasteiger partial charge >= 0.3 is 0 Å². The molecule has 0 heterocycles. The first-order valence-electron chi connectivity index (χ1n) is 6.37. The van der Waals surface area contributed by atoms with Gasteiger partial charge in [-0.3, -0.25) is 0 Å². The van der Waals surface area contributed by atoms with Gasteiger partial charge in [0.05, 0.1) is 0 Å². The average molecular weight is 237 g/mol. The highest BCUT2D eigenvalue weighted by Crippen LogP contribution is 2.25. The van der Waals surface area contributed by atoms with Crippen molar-refractivity contribution in [2.24, 2.45) is 5.41 Å². The molecule has 0 amide bonds. The molecule has 1 aromatic rings. The van der Waals surface area contributed by atoms with Gasteiger partial charge in [0, 0.05) is 6.04 Å². The maximum Gasteiger partial charge on any atom is 0.123 e. The zero-order chi connectivity index (χ0) is 12.9. The molecule has 0 fully saturated rings. The third-order valence-corrected chi connectivity index (χ3v) is 2.95. The highest BCUT2D eigenvalue weighted by molar-refractivity contribution is 5.17. The van der Waals surface area contributed by atoms with Crippen LogP contribution in [0.3, 0.4) is 0 Å². The molecule has 17 heavy (non-hydrogen) atoms. The summed E-state index contributed by atoms with van der Waals surface area (Å²) < 4.78 is 12.8. The predicted molar refractivity (Wildman–Crippen MR) is 71.6 cm³/mol. The summed E-state index contributed by atoms with van der Waals surface area (Å²) in [6.45, 7) is 9.88. The van der Waals surface area contributed by atoms with Crippen molar-refractivity contribution in [3.63, 3.8) is 0 Å². The molecule has 0 unspecified atom stereocenters. The van der Waals surface area contributed by atoms with Crippen LogP contribution in [0.2, 0.25) is 0 Å². The Labute approximate surface area is 104 Å². The summed E-state index contributed by atoms with van der Waals surface area (Å²) >= 11 is 0. The monoisotopic (exact) mass is 237 g/mol. The highest BCUT2D eigenvalue weighted by Gasteiger charge is 2.18. The molecule has 0 aliphatic heterocycles. The van der Waals surface area contributed by atoms with Crippen LogP contribution >= 0.6 is 0 Å². The molecule has 0 saturated carbocycles. The highest BCUT2D eigenvalue weighted by atomic mass is 19.1. The molecule has 1 aromatic carbocycles. The first kappa shape index (κ1) is 14.2. The first-order chi connectivity index (χ1) is 7.89.